The summed E-state index contributed by atoms with van der Waals surface area (Å²) >= 11 is 1.73. The third-order valence-corrected chi connectivity index (χ3v) is 2.85. The van der Waals surface area contributed by atoms with Crippen LogP contribution in [0, 0.1) is 5.92 Å². The van der Waals surface area contributed by atoms with Gasteiger partial charge in [0.25, 0.3) is 0 Å². The van der Waals surface area contributed by atoms with Crippen molar-refractivity contribution in [3.05, 3.63) is 12.7 Å². The maximum absolute atomic E-state index is 5.65. The summed E-state index contributed by atoms with van der Waals surface area (Å²) in [5.41, 5.74) is 5.71. The van der Waals surface area contributed by atoms with Crippen LogP contribution in [0.1, 0.15) is 13.3 Å². The number of nitrogens with two attached hydrogens (primary N) is 1. The Morgan fingerprint density at radius 3 is 2.73 bits per heavy atom. The predicted molar refractivity (Wildman–Crippen MR) is 53.5 cm³/mol. The van der Waals surface area contributed by atoms with Gasteiger partial charge in [0.1, 0.15) is 5.50 Å². The third kappa shape index (κ3) is 5.30. The van der Waals surface area contributed by atoms with Gasteiger partial charge in [-0.25, -0.2) is 0 Å². The molecule has 2 nitrogen and oxygen atoms in total. The molecule has 0 aromatic carbocycles. The Hall–Kier alpha value is 0.01000. The molecule has 11 heavy (non-hydrogen) atoms. The Bertz CT molecular complexity index is 106. The van der Waals surface area contributed by atoms with Gasteiger partial charge in [-0.15, -0.1) is 18.3 Å². The highest BCUT2D eigenvalue weighted by Gasteiger charge is 2.04. The molecule has 2 atom stereocenters. The number of hydrogen-bond acceptors (Lipinski definition) is 3. The van der Waals surface area contributed by atoms with Crippen molar-refractivity contribution < 1.29 is 0 Å². The standard InChI is InChI=1S/C8H18N2S/c1-4-7(5-2)6-11-8(9)10-3/h4,7-8,10H,1,5-6,9H2,2-3H3. The Balaban J connectivity index is 3.41. The average Bonchev–Trinajstić information content (AvgIpc) is 2.06. The summed E-state index contributed by atoms with van der Waals surface area (Å²) in [6.45, 7) is 5.93. The highest BCUT2D eigenvalue weighted by Crippen LogP contribution is 2.13. The summed E-state index contributed by atoms with van der Waals surface area (Å²) in [5.74, 6) is 1.65. The van der Waals surface area contributed by atoms with Gasteiger partial charge in [0.15, 0.2) is 0 Å². The molecule has 0 amide bonds. The van der Waals surface area contributed by atoms with Crippen molar-refractivity contribution in [1.82, 2.24) is 5.32 Å². The van der Waals surface area contributed by atoms with Gasteiger partial charge in [-0.2, -0.15) is 0 Å². The SMILES string of the molecule is C=CC(CC)CSC(N)NC. The Morgan fingerprint density at radius 1 is 1.73 bits per heavy atom. The van der Waals surface area contributed by atoms with Gasteiger partial charge >= 0.3 is 0 Å². The van der Waals surface area contributed by atoms with Crippen LogP contribution in [0.25, 0.3) is 0 Å². The molecule has 0 aliphatic carbocycles. The zero-order chi connectivity index (χ0) is 8.69. The third-order valence-electron chi connectivity index (χ3n) is 1.63. The van der Waals surface area contributed by atoms with Crippen molar-refractivity contribution in [2.75, 3.05) is 12.8 Å². The first-order chi connectivity index (χ1) is 5.24. The molecule has 0 heterocycles. The summed E-state index contributed by atoms with van der Waals surface area (Å²) in [7, 11) is 1.87. The molecule has 3 heteroatoms. The van der Waals surface area contributed by atoms with Crippen molar-refractivity contribution in [1.29, 1.82) is 0 Å². The fraction of sp³-hybridized carbons (Fsp3) is 0.750. The molecule has 0 spiro atoms. The number of allylic oxidation sites excluding steroid dienone is 1. The van der Waals surface area contributed by atoms with Crippen LogP contribution in [-0.2, 0) is 0 Å². The molecule has 66 valence electrons. The van der Waals surface area contributed by atoms with E-state index in [4.69, 9.17) is 5.73 Å². The first-order valence-corrected chi connectivity index (χ1v) is 4.96. The lowest BCUT2D eigenvalue weighted by molar-refractivity contribution is 0.702. The Kier molecular flexibility index (Phi) is 6.71. The van der Waals surface area contributed by atoms with Crippen LogP contribution >= 0.6 is 11.8 Å². The highest BCUT2D eigenvalue weighted by atomic mass is 32.2. The van der Waals surface area contributed by atoms with E-state index in [1.54, 1.807) is 11.8 Å². The topological polar surface area (TPSA) is 38.0 Å². The molecular weight excluding hydrogens is 156 g/mol. The fourth-order valence-electron chi connectivity index (χ4n) is 0.663. The molecule has 0 saturated carbocycles. The molecule has 0 aromatic heterocycles. The Morgan fingerprint density at radius 2 is 2.36 bits per heavy atom. The van der Waals surface area contributed by atoms with Gasteiger partial charge in [-0.1, -0.05) is 13.0 Å². The molecule has 2 unspecified atom stereocenters. The van der Waals surface area contributed by atoms with Crippen LogP contribution in [0.15, 0.2) is 12.7 Å². The van der Waals surface area contributed by atoms with Crippen molar-refractivity contribution in [2.45, 2.75) is 18.8 Å². The first kappa shape index (κ1) is 11.0. The van der Waals surface area contributed by atoms with Crippen LogP contribution in [-0.4, -0.2) is 18.3 Å². The van der Waals surface area contributed by atoms with Gasteiger partial charge in [-0.05, 0) is 19.4 Å². The summed E-state index contributed by atoms with van der Waals surface area (Å²) in [4.78, 5) is 0. The summed E-state index contributed by atoms with van der Waals surface area (Å²) in [5, 5.41) is 2.97. The second-order valence-corrected chi connectivity index (χ2v) is 3.62. The maximum atomic E-state index is 5.65. The van der Waals surface area contributed by atoms with Gasteiger partial charge in [-0.3, -0.25) is 5.32 Å². The normalized spacial score (nSPS) is 15.9. The monoisotopic (exact) mass is 174 g/mol. The minimum atomic E-state index is 0.0593. The van der Waals surface area contributed by atoms with Crippen molar-refractivity contribution in [3.8, 4) is 0 Å². The minimum absolute atomic E-state index is 0.0593. The lowest BCUT2D eigenvalue weighted by atomic mass is 10.1. The van der Waals surface area contributed by atoms with E-state index in [1.165, 1.54) is 0 Å². The number of rotatable bonds is 6. The zero-order valence-electron chi connectivity index (χ0n) is 7.34. The van der Waals surface area contributed by atoms with E-state index in [2.05, 4.69) is 18.8 Å². The predicted octanol–water partition coefficient (Wildman–Crippen LogP) is 1.39. The summed E-state index contributed by atoms with van der Waals surface area (Å²) < 4.78 is 0. The number of thioether (sulfide) groups is 1. The smallest absolute Gasteiger partial charge is 0.103 e. The van der Waals surface area contributed by atoms with Gasteiger partial charge < -0.3 is 5.73 Å². The lowest BCUT2D eigenvalue weighted by Crippen LogP contribution is -2.31. The van der Waals surface area contributed by atoms with E-state index in [-0.39, 0.29) is 5.50 Å². The molecule has 0 radical (unpaired) electrons. The summed E-state index contributed by atoms with van der Waals surface area (Å²) in [6, 6.07) is 0. The number of hydrogen-bond donors (Lipinski definition) is 2. The van der Waals surface area contributed by atoms with Crippen LogP contribution in [0.3, 0.4) is 0 Å². The van der Waals surface area contributed by atoms with Crippen LogP contribution in [0.5, 0.6) is 0 Å². The highest BCUT2D eigenvalue weighted by molar-refractivity contribution is 7.99. The molecule has 0 fully saturated rings. The van der Waals surface area contributed by atoms with E-state index in [9.17, 15) is 0 Å². The van der Waals surface area contributed by atoms with Crippen LogP contribution < -0.4 is 11.1 Å². The fourth-order valence-corrected chi connectivity index (χ4v) is 1.66. The van der Waals surface area contributed by atoms with E-state index in [0.29, 0.717) is 5.92 Å². The largest absolute Gasteiger partial charge is 0.307 e. The molecule has 0 bridgehead atoms. The molecule has 0 saturated heterocycles. The van der Waals surface area contributed by atoms with Crippen LogP contribution in [0.4, 0.5) is 0 Å². The lowest BCUT2D eigenvalue weighted by Gasteiger charge is -2.13. The first-order valence-electron chi connectivity index (χ1n) is 3.91. The van der Waals surface area contributed by atoms with Gasteiger partial charge in [0, 0.05) is 5.75 Å². The van der Waals surface area contributed by atoms with E-state index < -0.39 is 0 Å². The zero-order valence-corrected chi connectivity index (χ0v) is 8.16. The summed E-state index contributed by atoms with van der Waals surface area (Å²) in [6.07, 6.45) is 3.14. The van der Waals surface area contributed by atoms with E-state index in [0.717, 1.165) is 12.2 Å². The molecule has 0 rings (SSSR count). The average molecular weight is 174 g/mol. The van der Waals surface area contributed by atoms with Gasteiger partial charge in [0.2, 0.25) is 0 Å². The quantitative estimate of drug-likeness (QED) is 0.472. The van der Waals surface area contributed by atoms with Gasteiger partial charge in [0.05, 0.1) is 0 Å². The van der Waals surface area contributed by atoms with Crippen molar-refractivity contribution >= 4 is 11.8 Å². The van der Waals surface area contributed by atoms with Crippen molar-refractivity contribution in [3.63, 3.8) is 0 Å². The van der Waals surface area contributed by atoms with Crippen molar-refractivity contribution in [2.24, 2.45) is 11.7 Å². The molecule has 0 aliphatic heterocycles. The second kappa shape index (κ2) is 6.70. The Labute approximate surface area is 73.6 Å². The minimum Gasteiger partial charge on any atom is -0.307 e. The second-order valence-electron chi connectivity index (χ2n) is 2.45. The van der Waals surface area contributed by atoms with E-state index >= 15 is 0 Å². The molecular formula is C8H18N2S. The van der Waals surface area contributed by atoms with Crippen LogP contribution in [0.2, 0.25) is 0 Å². The maximum Gasteiger partial charge on any atom is 0.103 e. The number of nitrogens with one attached hydrogen (secondary N) is 1. The molecule has 0 aromatic rings. The molecule has 3 N–H and O–H groups in total. The molecule has 0 aliphatic rings. The van der Waals surface area contributed by atoms with E-state index in [1.807, 2.05) is 13.1 Å².